The number of nitriles is 1. The molecule has 2 aromatic rings. The normalized spacial score (nSPS) is 9.77. The Hall–Kier alpha value is -2.08. The van der Waals surface area contributed by atoms with E-state index in [2.05, 4.69) is 0 Å². The molecule has 0 saturated heterocycles. The summed E-state index contributed by atoms with van der Waals surface area (Å²) in [5, 5.41) is 8.61. The molecule has 3 heteroatoms. The molecule has 0 saturated carbocycles. The van der Waals surface area contributed by atoms with Crippen molar-refractivity contribution in [2.45, 2.75) is 0 Å². The van der Waals surface area contributed by atoms with Crippen molar-refractivity contribution in [1.82, 2.24) is 4.40 Å². The fourth-order valence-electron chi connectivity index (χ4n) is 1.23. The second-order valence-corrected chi connectivity index (χ2v) is 2.66. The maximum absolute atomic E-state index is 11.5. The average molecular weight is 170 g/mol. The molecule has 0 aliphatic heterocycles. The molecule has 0 atom stereocenters. The highest BCUT2D eigenvalue weighted by molar-refractivity contribution is 5.48. The summed E-state index contributed by atoms with van der Waals surface area (Å²) in [4.78, 5) is 11.5. The Kier molecular flexibility index (Phi) is 1.60. The van der Waals surface area contributed by atoms with Crippen molar-refractivity contribution >= 4 is 5.52 Å². The number of nitrogens with zero attached hydrogens (tertiary/aromatic N) is 2. The van der Waals surface area contributed by atoms with Gasteiger partial charge in [0.25, 0.3) is 5.56 Å². The van der Waals surface area contributed by atoms with E-state index in [4.69, 9.17) is 5.26 Å². The van der Waals surface area contributed by atoms with Crippen molar-refractivity contribution in [2.75, 3.05) is 0 Å². The average Bonchev–Trinajstić information content (AvgIpc) is 2.19. The van der Waals surface area contributed by atoms with Gasteiger partial charge in [0.15, 0.2) is 0 Å². The van der Waals surface area contributed by atoms with E-state index in [1.165, 1.54) is 10.5 Å². The van der Waals surface area contributed by atoms with Gasteiger partial charge in [-0.05, 0) is 24.3 Å². The van der Waals surface area contributed by atoms with E-state index in [-0.39, 0.29) is 11.1 Å². The van der Waals surface area contributed by atoms with E-state index < -0.39 is 0 Å². The predicted octanol–water partition coefficient (Wildman–Crippen LogP) is 1.17. The van der Waals surface area contributed by atoms with Crippen LogP contribution in [0.5, 0.6) is 0 Å². The third-order valence-corrected chi connectivity index (χ3v) is 1.88. The van der Waals surface area contributed by atoms with E-state index in [9.17, 15) is 4.79 Å². The first-order valence-electron chi connectivity index (χ1n) is 3.83. The molecule has 0 spiro atoms. The van der Waals surface area contributed by atoms with Crippen molar-refractivity contribution in [3.05, 3.63) is 52.4 Å². The molecular weight excluding hydrogens is 164 g/mol. The number of hydrogen-bond donors (Lipinski definition) is 0. The first-order chi connectivity index (χ1) is 6.33. The maximum Gasteiger partial charge on any atom is 0.272 e. The summed E-state index contributed by atoms with van der Waals surface area (Å²) in [6.07, 6.45) is 1.65. The van der Waals surface area contributed by atoms with E-state index in [1.807, 2.05) is 18.2 Å². The predicted molar refractivity (Wildman–Crippen MR) is 48.4 cm³/mol. The summed E-state index contributed by atoms with van der Waals surface area (Å²) in [7, 11) is 0. The molecule has 0 aliphatic rings. The summed E-state index contributed by atoms with van der Waals surface area (Å²) < 4.78 is 1.46. The number of pyridine rings is 2. The van der Waals surface area contributed by atoms with Crippen molar-refractivity contribution < 1.29 is 0 Å². The number of rotatable bonds is 0. The standard InChI is InChI=1S/C10H6N2O/c11-7-8-4-5-9-3-1-2-6-12(9)10(8)13/h1-6H. The first kappa shape index (κ1) is 7.56. The highest BCUT2D eigenvalue weighted by Crippen LogP contribution is 2.00. The molecule has 0 bridgehead atoms. The lowest BCUT2D eigenvalue weighted by molar-refractivity contribution is 1.08. The molecule has 0 amide bonds. The van der Waals surface area contributed by atoms with Crippen LogP contribution in [0.2, 0.25) is 0 Å². The van der Waals surface area contributed by atoms with Crippen LogP contribution in [0.15, 0.2) is 41.3 Å². The molecule has 2 aromatic heterocycles. The molecule has 3 nitrogen and oxygen atoms in total. The smallest absolute Gasteiger partial charge is 0.272 e. The Morgan fingerprint density at radius 3 is 2.85 bits per heavy atom. The van der Waals surface area contributed by atoms with Gasteiger partial charge in [-0.25, -0.2) is 0 Å². The lowest BCUT2D eigenvalue weighted by atomic mass is 10.2. The second-order valence-electron chi connectivity index (χ2n) is 2.66. The molecule has 2 heterocycles. The molecule has 0 aromatic carbocycles. The van der Waals surface area contributed by atoms with E-state index >= 15 is 0 Å². The Bertz CT molecular complexity index is 549. The van der Waals surface area contributed by atoms with Crippen molar-refractivity contribution in [1.29, 1.82) is 5.26 Å². The van der Waals surface area contributed by atoms with Gasteiger partial charge in [0.1, 0.15) is 11.6 Å². The second kappa shape index (κ2) is 2.76. The third-order valence-electron chi connectivity index (χ3n) is 1.88. The van der Waals surface area contributed by atoms with Crippen molar-refractivity contribution in [3.63, 3.8) is 0 Å². The minimum atomic E-state index is -0.263. The molecule has 0 unspecified atom stereocenters. The first-order valence-corrected chi connectivity index (χ1v) is 3.83. The third kappa shape index (κ3) is 1.09. The van der Waals surface area contributed by atoms with Gasteiger partial charge in [-0.15, -0.1) is 0 Å². The number of fused-ring (bicyclic) bond motifs is 1. The van der Waals surface area contributed by atoms with Crippen LogP contribution in [0.1, 0.15) is 5.56 Å². The Morgan fingerprint density at radius 1 is 1.23 bits per heavy atom. The number of aromatic nitrogens is 1. The van der Waals surface area contributed by atoms with Crippen LogP contribution < -0.4 is 5.56 Å². The number of hydrogen-bond acceptors (Lipinski definition) is 2. The lowest BCUT2D eigenvalue weighted by Crippen LogP contribution is -2.15. The molecule has 13 heavy (non-hydrogen) atoms. The topological polar surface area (TPSA) is 45.3 Å². The Labute approximate surface area is 74.5 Å². The quantitative estimate of drug-likeness (QED) is 0.595. The van der Waals surface area contributed by atoms with Gasteiger partial charge < -0.3 is 0 Å². The zero-order chi connectivity index (χ0) is 9.26. The van der Waals surface area contributed by atoms with E-state index in [1.54, 1.807) is 18.3 Å². The lowest BCUT2D eigenvalue weighted by Gasteiger charge is -1.98. The maximum atomic E-state index is 11.5. The van der Waals surface area contributed by atoms with Crippen LogP contribution in [0.3, 0.4) is 0 Å². The fraction of sp³-hybridized carbons (Fsp3) is 0. The minimum absolute atomic E-state index is 0.170. The molecule has 62 valence electrons. The zero-order valence-electron chi connectivity index (χ0n) is 6.77. The van der Waals surface area contributed by atoms with Gasteiger partial charge >= 0.3 is 0 Å². The van der Waals surface area contributed by atoms with Gasteiger partial charge in [-0.2, -0.15) is 5.26 Å². The Morgan fingerprint density at radius 2 is 2.08 bits per heavy atom. The summed E-state index contributed by atoms with van der Waals surface area (Å²) in [5.74, 6) is 0. The SMILES string of the molecule is N#Cc1ccc2ccccn2c1=O. The summed E-state index contributed by atoms with van der Waals surface area (Å²) in [6.45, 7) is 0. The largest absolute Gasteiger partial charge is 0.283 e. The minimum Gasteiger partial charge on any atom is -0.283 e. The zero-order valence-corrected chi connectivity index (χ0v) is 6.77. The van der Waals surface area contributed by atoms with Crippen LogP contribution in [-0.4, -0.2) is 4.40 Å². The van der Waals surface area contributed by atoms with Gasteiger partial charge in [0.05, 0.1) is 0 Å². The van der Waals surface area contributed by atoms with Crippen LogP contribution in [0.25, 0.3) is 5.52 Å². The molecule has 0 radical (unpaired) electrons. The van der Waals surface area contributed by atoms with E-state index in [0.29, 0.717) is 0 Å². The van der Waals surface area contributed by atoms with Gasteiger partial charge in [0.2, 0.25) is 0 Å². The van der Waals surface area contributed by atoms with Crippen LogP contribution in [0, 0.1) is 11.3 Å². The molecule has 0 N–H and O–H groups in total. The Balaban J connectivity index is 2.98. The summed E-state index contributed by atoms with van der Waals surface area (Å²) in [5.41, 5.74) is 0.704. The van der Waals surface area contributed by atoms with Gasteiger partial charge in [-0.1, -0.05) is 6.07 Å². The summed E-state index contributed by atoms with van der Waals surface area (Å²) in [6, 6.07) is 10.6. The highest BCUT2D eigenvalue weighted by atomic mass is 16.1. The highest BCUT2D eigenvalue weighted by Gasteiger charge is 1.99. The van der Waals surface area contributed by atoms with Crippen LogP contribution >= 0.6 is 0 Å². The van der Waals surface area contributed by atoms with Crippen LogP contribution in [0.4, 0.5) is 0 Å². The summed E-state index contributed by atoms with van der Waals surface area (Å²) >= 11 is 0. The van der Waals surface area contributed by atoms with Crippen molar-refractivity contribution in [3.8, 4) is 6.07 Å². The van der Waals surface area contributed by atoms with Crippen LogP contribution in [-0.2, 0) is 0 Å². The molecule has 0 fully saturated rings. The molecular formula is C10H6N2O. The van der Waals surface area contributed by atoms with Crippen molar-refractivity contribution in [2.24, 2.45) is 0 Å². The van der Waals surface area contributed by atoms with E-state index in [0.717, 1.165) is 5.52 Å². The fourth-order valence-corrected chi connectivity index (χ4v) is 1.23. The van der Waals surface area contributed by atoms with Gasteiger partial charge in [-0.3, -0.25) is 9.20 Å². The van der Waals surface area contributed by atoms with Gasteiger partial charge in [0, 0.05) is 11.7 Å². The monoisotopic (exact) mass is 170 g/mol. The molecule has 2 rings (SSSR count). The molecule has 0 aliphatic carbocycles.